The molecule has 0 aliphatic heterocycles. The molecule has 2 heterocycles. The van der Waals surface area contributed by atoms with Crippen molar-refractivity contribution < 1.29 is 8.83 Å². The standard InChI is InChI=1S/C46H28O2/c1-3-14-29(15-4-1)31-18-13-19-32(26-31)42-34-20-7-9-22-36(34)43(37-23-10-8-21-35(37)42)39-27-33-28-41(30-16-5-2-6-17-30)48-45(33)44-38-24-11-12-25-40(38)47-46(39)44/h1-28H. The molecule has 0 spiro atoms. The van der Waals surface area contributed by atoms with Gasteiger partial charge < -0.3 is 8.83 Å². The monoisotopic (exact) mass is 612 g/mol. The number of rotatable bonds is 4. The van der Waals surface area contributed by atoms with E-state index in [-0.39, 0.29) is 0 Å². The van der Waals surface area contributed by atoms with Crippen molar-refractivity contribution in [3.05, 3.63) is 170 Å². The summed E-state index contributed by atoms with van der Waals surface area (Å²) in [4.78, 5) is 0. The summed E-state index contributed by atoms with van der Waals surface area (Å²) in [6, 6.07) is 60.2. The Hall–Kier alpha value is -6.38. The molecular weight excluding hydrogens is 585 g/mol. The molecule has 224 valence electrons. The predicted octanol–water partition coefficient (Wildman–Crippen LogP) is 13.3. The van der Waals surface area contributed by atoms with Gasteiger partial charge in [0.05, 0.1) is 5.39 Å². The summed E-state index contributed by atoms with van der Waals surface area (Å²) in [5.74, 6) is 0.845. The highest BCUT2D eigenvalue weighted by atomic mass is 16.3. The summed E-state index contributed by atoms with van der Waals surface area (Å²) in [5, 5.41) is 7.89. The fourth-order valence-corrected chi connectivity index (χ4v) is 7.53. The Morgan fingerprint density at radius 2 is 0.875 bits per heavy atom. The van der Waals surface area contributed by atoms with Crippen molar-refractivity contribution in [2.75, 3.05) is 0 Å². The van der Waals surface area contributed by atoms with E-state index >= 15 is 0 Å². The number of benzene rings is 8. The van der Waals surface area contributed by atoms with E-state index in [1.807, 2.05) is 30.3 Å². The summed E-state index contributed by atoms with van der Waals surface area (Å²) in [7, 11) is 0. The van der Waals surface area contributed by atoms with E-state index in [1.54, 1.807) is 0 Å². The van der Waals surface area contributed by atoms with Crippen LogP contribution in [0.1, 0.15) is 0 Å². The highest BCUT2D eigenvalue weighted by Crippen LogP contribution is 2.49. The maximum atomic E-state index is 6.78. The first-order valence-electron chi connectivity index (χ1n) is 16.3. The molecule has 48 heavy (non-hydrogen) atoms. The zero-order valence-corrected chi connectivity index (χ0v) is 26.0. The molecule has 0 N–H and O–H groups in total. The number of para-hydroxylation sites is 1. The van der Waals surface area contributed by atoms with Crippen LogP contribution >= 0.6 is 0 Å². The van der Waals surface area contributed by atoms with Crippen molar-refractivity contribution >= 4 is 54.5 Å². The largest absolute Gasteiger partial charge is 0.455 e. The number of furan rings is 2. The molecule has 0 saturated heterocycles. The van der Waals surface area contributed by atoms with Gasteiger partial charge in [0.15, 0.2) is 0 Å². The van der Waals surface area contributed by atoms with Crippen LogP contribution < -0.4 is 0 Å². The third-order valence-corrected chi connectivity index (χ3v) is 9.65. The van der Waals surface area contributed by atoms with Crippen LogP contribution in [0.4, 0.5) is 0 Å². The van der Waals surface area contributed by atoms with Crippen LogP contribution in [0.5, 0.6) is 0 Å². The number of fused-ring (bicyclic) bond motifs is 7. The first kappa shape index (κ1) is 26.8. The van der Waals surface area contributed by atoms with E-state index in [9.17, 15) is 0 Å². The van der Waals surface area contributed by atoms with Crippen LogP contribution in [-0.2, 0) is 0 Å². The summed E-state index contributed by atoms with van der Waals surface area (Å²) in [5.41, 5.74) is 10.7. The first-order chi connectivity index (χ1) is 23.8. The average Bonchev–Trinajstić information content (AvgIpc) is 3.76. The minimum absolute atomic E-state index is 0.840. The molecule has 0 aliphatic carbocycles. The first-order valence-corrected chi connectivity index (χ1v) is 16.3. The zero-order valence-electron chi connectivity index (χ0n) is 26.0. The molecule has 2 heteroatoms. The van der Waals surface area contributed by atoms with Crippen LogP contribution in [-0.4, -0.2) is 0 Å². The summed E-state index contributed by atoms with van der Waals surface area (Å²) >= 11 is 0. The van der Waals surface area contributed by atoms with Crippen molar-refractivity contribution in [2.24, 2.45) is 0 Å². The second-order valence-electron chi connectivity index (χ2n) is 12.4. The Morgan fingerprint density at radius 3 is 1.56 bits per heavy atom. The van der Waals surface area contributed by atoms with Gasteiger partial charge in [-0.05, 0) is 68.1 Å². The molecule has 0 amide bonds. The van der Waals surface area contributed by atoms with Crippen LogP contribution in [0, 0.1) is 0 Å². The van der Waals surface area contributed by atoms with Gasteiger partial charge in [-0.15, -0.1) is 0 Å². The van der Waals surface area contributed by atoms with Gasteiger partial charge in [0.1, 0.15) is 22.5 Å². The van der Waals surface area contributed by atoms with Gasteiger partial charge in [0.2, 0.25) is 0 Å². The van der Waals surface area contributed by atoms with Gasteiger partial charge in [-0.1, -0.05) is 146 Å². The molecule has 0 unspecified atom stereocenters. The summed E-state index contributed by atoms with van der Waals surface area (Å²) in [6.07, 6.45) is 0. The topological polar surface area (TPSA) is 26.3 Å². The molecule has 10 rings (SSSR count). The van der Waals surface area contributed by atoms with Crippen molar-refractivity contribution in [2.45, 2.75) is 0 Å². The second-order valence-corrected chi connectivity index (χ2v) is 12.4. The number of hydrogen-bond donors (Lipinski definition) is 0. The van der Waals surface area contributed by atoms with Gasteiger partial charge in [-0.3, -0.25) is 0 Å². The lowest BCUT2D eigenvalue weighted by molar-refractivity contribution is 0.633. The predicted molar refractivity (Wildman–Crippen MR) is 200 cm³/mol. The normalized spacial score (nSPS) is 11.8. The van der Waals surface area contributed by atoms with Crippen molar-refractivity contribution in [1.29, 1.82) is 0 Å². The fourth-order valence-electron chi connectivity index (χ4n) is 7.53. The van der Waals surface area contributed by atoms with Gasteiger partial charge in [0, 0.05) is 27.5 Å². The highest BCUT2D eigenvalue weighted by molar-refractivity contribution is 6.27. The lowest BCUT2D eigenvalue weighted by atomic mass is 9.85. The van der Waals surface area contributed by atoms with Gasteiger partial charge in [0.25, 0.3) is 0 Å². The molecule has 0 atom stereocenters. The highest BCUT2D eigenvalue weighted by Gasteiger charge is 2.24. The Kier molecular flexibility index (Phi) is 5.91. The second kappa shape index (κ2) is 10.6. The van der Waals surface area contributed by atoms with E-state index in [2.05, 4.69) is 140 Å². The molecule has 0 bridgehead atoms. The van der Waals surface area contributed by atoms with E-state index in [0.717, 1.165) is 55.4 Å². The molecule has 0 aliphatic rings. The summed E-state index contributed by atoms with van der Waals surface area (Å²) in [6.45, 7) is 0. The van der Waals surface area contributed by atoms with Gasteiger partial charge in [-0.2, -0.15) is 0 Å². The third kappa shape index (κ3) is 4.06. The maximum absolute atomic E-state index is 6.78. The zero-order chi connectivity index (χ0) is 31.6. The molecule has 10 aromatic rings. The van der Waals surface area contributed by atoms with Crippen molar-refractivity contribution in [1.82, 2.24) is 0 Å². The molecule has 2 aromatic heterocycles. The lowest BCUT2D eigenvalue weighted by Crippen LogP contribution is -1.91. The van der Waals surface area contributed by atoms with E-state index in [4.69, 9.17) is 8.83 Å². The van der Waals surface area contributed by atoms with Gasteiger partial charge >= 0.3 is 0 Å². The van der Waals surface area contributed by atoms with E-state index < -0.39 is 0 Å². The fraction of sp³-hybridized carbons (Fsp3) is 0. The van der Waals surface area contributed by atoms with E-state index in [0.29, 0.717) is 0 Å². The average molecular weight is 613 g/mol. The molecule has 0 saturated carbocycles. The van der Waals surface area contributed by atoms with Gasteiger partial charge in [-0.25, -0.2) is 0 Å². The van der Waals surface area contributed by atoms with E-state index in [1.165, 1.54) is 43.8 Å². The molecule has 2 nitrogen and oxygen atoms in total. The Bertz CT molecular complexity index is 2760. The minimum atomic E-state index is 0.840. The Morgan fingerprint density at radius 1 is 0.333 bits per heavy atom. The van der Waals surface area contributed by atoms with Crippen LogP contribution in [0.15, 0.2) is 179 Å². The minimum Gasteiger partial charge on any atom is -0.455 e. The Labute approximate surface area is 277 Å². The third-order valence-electron chi connectivity index (χ3n) is 9.65. The Balaban J connectivity index is 1.32. The molecular formula is C46H28O2. The van der Waals surface area contributed by atoms with Crippen LogP contribution in [0.3, 0.4) is 0 Å². The quantitative estimate of drug-likeness (QED) is 0.185. The molecule has 0 fully saturated rings. The number of hydrogen-bond acceptors (Lipinski definition) is 2. The lowest BCUT2D eigenvalue weighted by Gasteiger charge is -2.18. The van der Waals surface area contributed by atoms with Crippen LogP contribution in [0.2, 0.25) is 0 Å². The molecule has 8 aromatic carbocycles. The van der Waals surface area contributed by atoms with Crippen molar-refractivity contribution in [3.63, 3.8) is 0 Å². The summed E-state index contributed by atoms with van der Waals surface area (Å²) < 4.78 is 13.4. The SMILES string of the molecule is c1ccc(-c2cccc(-c3c4ccccc4c(-c4cc5cc(-c6ccccc6)oc5c5c4oc4ccccc45)c4ccccc34)c2)cc1. The van der Waals surface area contributed by atoms with Crippen molar-refractivity contribution in [3.8, 4) is 44.7 Å². The maximum Gasteiger partial charge on any atom is 0.147 e. The molecule has 0 radical (unpaired) electrons. The smallest absolute Gasteiger partial charge is 0.147 e. The van der Waals surface area contributed by atoms with Crippen LogP contribution in [0.25, 0.3) is 99.2 Å².